The molecular weight excluding hydrogens is 410 g/mol. The van der Waals surface area contributed by atoms with E-state index in [1.807, 2.05) is 44.2 Å². The Morgan fingerprint density at radius 2 is 1.97 bits per heavy atom. The quantitative estimate of drug-likeness (QED) is 0.687. The Labute approximate surface area is 187 Å². The van der Waals surface area contributed by atoms with Gasteiger partial charge in [0.05, 0.1) is 0 Å². The molecule has 1 amide bonds. The summed E-state index contributed by atoms with van der Waals surface area (Å²) in [5, 5.41) is 6.85. The van der Waals surface area contributed by atoms with Gasteiger partial charge in [-0.05, 0) is 61.1 Å². The maximum atomic E-state index is 13.5. The molecule has 1 aromatic carbocycles. The number of Topliss-reactive ketones (excluding diaryl/α,β-unsaturated/α-hetero) is 1. The highest BCUT2D eigenvalue weighted by Crippen LogP contribution is 2.47. The van der Waals surface area contributed by atoms with E-state index in [9.17, 15) is 9.59 Å². The molecule has 0 saturated carbocycles. The minimum Gasteiger partial charge on any atom is -0.362 e. The van der Waals surface area contributed by atoms with Crippen LogP contribution in [0, 0.1) is 12.3 Å². The molecule has 5 nitrogen and oxygen atoms in total. The van der Waals surface area contributed by atoms with Gasteiger partial charge in [-0.15, -0.1) is 0 Å². The van der Waals surface area contributed by atoms with E-state index in [2.05, 4.69) is 29.5 Å². The number of nitrogens with zero attached hydrogens (tertiary/aromatic N) is 1. The van der Waals surface area contributed by atoms with Crippen molar-refractivity contribution in [3.05, 3.63) is 81.3 Å². The van der Waals surface area contributed by atoms with Crippen molar-refractivity contribution < 1.29 is 9.59 Å². The van der Waals surface area contributed by atoms with E-state index >= 15 is 0 Å². The minimum atomic E-state index is -0.483. The number of amides is 1. The molecule has 1 aliphatic heterocycles. The van der Waals surface area contributed by atoms with E-state index in [1.165, 1.54) is 0 Å². The molecule has 1 aliphatic carbocycles. The van der Waals surface area contributed by atoms with Gasteiger partial charge >= 0.3 is 0 Å². The molecular formula is C25H26ClN3O2. The van der Waals surface area contributed by atoms with Gasteiger partial charge in [-0.2, -0.15) is 0 Å². The molecule has 1 atom stereocenters. The summed E-state index contributed by atoms with van der Waals surface area (Å²) in [6.45, 7) is 8.01. The number of hydrogen-bond acceptors (Lipinski definition) is 4. The van der Waals surface area contributed by atoms with Gasteiger partial charge in [0.25, 0.3) is 5.91 Å². The molecule has 0 radical (unpaired) electrons. The first-order valence-corrected chi connectivity index (χ1v) is 10.8. The highest BCUT2D eigenvalue weighted by Gasteiger charge is 2.42. The van der Waals surface area contributed by atoms with Crippen LogP contribution in [0.2, 0.25) is 5.02 Å². The van der Waals surface area contributed by atoms with E-state index in [0.29, 0.717) is 28.4 Å². The summed E-state index contributed by atoms with van der Waals surface area (Å²) in [4.78, 5) is 31.0. The molecule has 2 N–H and O–H groups in total. The van der Waals surface area contributed by atoms with Crippen LogP contribution in [0.25, 0.3) is 0 Å². The Morgan fingerprint density at radius 3 is 2.68 bits per heavy atom. The number of rotatable bonds is 3. The Morgan fingerprint density at radius 1 is 1.19 bits per heavy atom. The standard InChI is InChI=1S/C25H26ClN3O2/c1-14-8-9-27-20(10-14)29-24(31)21-15(2)28-18-12-25(3,4)13-19(30)23(18)22(21)16-6-5-7-17(26)11-16/h5-11,22,28H,12-13H2,1-4H3,(H,27,29,31). The third kappa shape index (κ3) is 4.28. The number of dihydropyridines is 1. The van der Waals surface area contributed by atoms with E-state index < -0.39 is 5.92 Å². The molecule has 160 valence electrons. The second-order valence-corrected chi connectivity index (χ2v) is 9.59. The normalized spacial score (nSPS) is 20.3. The first-order chi connectivity index (χ1) is 14.6. The fraction of sp³-hybridized carbons (Fsp3) is 0.320. The fourth-order valence-corrected chi connectivity index (χ4v) is 4.74. The van der Waals surface area contributed by atoms with E-state index in [-0.39, 0.29) is 17.1 Å². The number of carbonyl (C=O) groups excluding carboxylic acids is 2. The van der Waals surface area contributed by atoms with Gasteiger partial charge in [0.15, 0.2) is 5.78 Å². The number of benzene rings is 1. The second-order valence-electron chi connectivity index (χ2n) is 9.16. The predicted octanol–water partition coefficient (Wildman–Crippen LogP) is 5.29. The molecule has 31 heavy (non-hydrogen) atoms. The number of anilines is 1. The van der Waals surface area contributed by atoms with Crippen LogP contribution in [-0.2, 0) is 9.59 Å². The van der Waals surface area contributed by atoms with Crippen molar-refractivity contribution in [2.45, 2.75) is 46.5 Å². The molecule has 4 rings (SSSR count). The number of allylic oxidation sites excluding steroid dienone is 3. The molecule has 2 aliphatic rings. The summed E-state index contributed by atoms with van der Waals surface area (Å²) < 4.78 is 0. The largest absolute Gasteiger partial charge is 0.362 e. The topological polar surface area (TPSA) is 71.1 Å². The summed E-state index contributed by atoms with van der Waals surface area (Å²) in [5.74, 6) is -0.221. The lowest BCUT2D eigenvalue weighted by Gasteiger charge is -2.39. The summed E-state index contributed by atoms with van der Waals surface area (Å²) in [6.07, 6.45) is 2.85. The van der Waals surface area contributed by atoms with Gasteiger partial charge in [0.1, 0.15) is 5.82 Å². The van der Waals surface area contributed by atoms with Gasteiger partial charge in [0, 0.05) is 46.1 Å². The van der Waals surface area contributed by atoms with Crippen molar-refractivity contribution in [1.82, 2.24) is 10.3 Å². The lowest BCUT2D eigenvalue weighted by molar-refractivity contribution is -0.118. The van der Waals surface area contributed by atoms with Crippen molar-refractivity contribution in [3.63, 3.8) is 0 Å². The zero-order valence-corrected chi connectivity index (χ0v) is 18.9. The van der Waals surface area contributed by atoms with E-state index in [4.69, 9.17) is 11.6 Å². The number of halogens is 1. The summed E-state index contributed by atoms with van der Waals surface area (Å²) in [5.41, 5.74) is 4.50. The number of aryl methyl sites for hydroxylation is 1. The SMILES string of the molecule is CC1=C(C(=O)Nc2cc(C)ccn2)C(c2cccc(Cl)c2)C2=C(CC(C)(C)CC2=O)N1. The smallest absolute Gasteiger partial charge is 0.255 e. The van der Waals surface area contributed by atoms with Gasteiger partial charge in [-0.25, -0.2) is 4.98 Å². The van der Waals surface area contributed by atoms with E-state index in [1.54, 1.807) is 12.3 Å². The number of carbonyl (C=O) groups is 2. The monoisotopic (exact) mass is 435 g/mol. The highest BCUT2D eigenvalue weighted by molar-refractivity contribution is 6.30. The van der Waals surface area contributed by atoms with Gasteiger partial charge in [-0.3, -0.25) is 9.59 Å². The highest BCUT2D eigenvalue weighted by atomic mass is 35.5. The van der Waals surface area contributed by atoms with Crippen molar-refractivity contribution >= 4 is 29.1 Å². The lowest BCUT2D eigenvalue weighted by Crippen LogP contribution is -2.39. The van der Waals surface area contributed by atoms with Crippen LogP contribution >= 0.6 is 11.6 Å². The van der Waals surface area contributed by atoms with Crippen molar-refractivity contribution in [2.75, 3.05) is 5.32 Å². The molecule has 0 saturated heterocycles. The maximum Gasteiger partial charge on any atom is 0.255 e. The average Bonchev–Trinajstić information content (AvgIpc) is 2.65. The van der Waals surface area contributed by atoms with Crippen LogP contribution in [0.3, 0.4) is 0 Å². The van der Waals surface area contributed by atoms with Crippen molar-refractivity contribution in [2.24, 2.45) is 5.41 Å². The third-order valence-corrected chi connectivity index (χ3v) is 6.06. The Hall–Kier alpha value is -2.92. The number of aromatic nitrogens is 1. The number of pyridine rings is 1. The minimum absolute atomic E-state index is 0.0650. The Kier molecular flexibility index (Phi) is 5.48. The van der Waals surface area contributed by atoms with Crippen molar-refractivity contribution in [3.8, 4) is 0 Å². The number of nitrogens with one attached hydrogen (secondary N) is 2. The zero-order chi connectivity index (χ0) is 22.3. The van der Waals surface area contributed by atoms with Crippen LogP contribution in [0.5, 0.6) is 0 Å². The molecule has 6 heteroatoms. The van der Waals surface area contributed by atoms with Gasteiger partial charge < -0.3 is 10.6 Å². The van der Waals surface area contributed by atoms with Crippen LogP contribution < -0.4 is 10.6 Å². The van der Waals surface area contributed by atoms with Crippen molar-refractivity contribution in [1.29, 1.82) is 0 Å². The molecule has 0 spiro atoms. The van der Waals surface area contributed by atoms with Crippen LogP contribution in [0.4, 0.5) is 5.82 Å². The number of hydrogen-bond donors (Lipinski definition) is 2. The Balaban J connectivity index is 1.81. The number of ketones is 1. The van der Waals surface area contributed by atoms with Gasteiger partial charge in [-0.1, -0.05) is 37.6 Å². The molecule has 2 heterocycles. The Bertz CT molecular complexity index is 1150. The summed E-state index contributed by atoms with van der Waals surface area (Å²) in [7, 11) is 0. The molecule has 0 bridgehead atoms. The molecule has 0 fully saturated rings. The van der Waals surface area contributed by atoms with Crippen LogP contribution in [-0.4, -0.2) is 16.7 Å². The van der Waals surface area contributed by atoms with Gasteiger partial charge in [0.2, 0.25) is 0 Å². The third-order valence-electron chi connectivity index (χ3n) is 5.82. The molecule has 1 aromatic heterocycles. The lowest BCUT2D eigenvalue weighted by atomic mass is 9.68. The van der Waals surface area contributed by atoms with Crippen LogP contribution in [0.1, 0.15) is 50.7 Å². The average molecular weight is 436 g/mol. The van der Waals surface area contributed by atoms with Crippen LogP contribution in [0.15, 0.2) is 65.1 Å². The first-order valence-electron chi connectivity index (χ1n) is 10.4. The molecule has 1 unspecified atom stereocenters. The second kappa shape index (κ2) is 7.97. The fourth-order valence-electron chi connectivity index (χ4n) is 4.54. The summed E-state index contributed by atoms with van der Waals surface area (Å²) >= 11 is 6.29. The maximum absolute atomic E-state index is 13.5. The summed E-state index contributed by atoms with van der Waals surface area (Å²) in [6, 6.07) is 11.1. The zero-order valence-electron chi connectivity index (χ0n) is 18.2. The molecule has 2 aromatic rings. The van der Waals surface area contributed by atoms with E-state index in [0.717, 1.165) is 28.9 Å². The first kappa shape index (κ1) is 21.3. The predicted molar refractivity (Wildman–Crippen MR) is 123 cm³/mol.